The summed E-state index contributed by atoms with van der Waals surface area (Å²) in [5.74, 6) is 1.46. The third-order valence-corrected chi connectivity index (χ3v) is 6.43. The summed E-state index contributed by atoms with van der Waals surface area (Å²) in [5.41, 5.74) is 2.50. The standard InChI is InChI=1S/C25H18ClNO5S/c26-20-12-22-21(31-15-32-22)11-18(20)13-27-24(28)23(33-25(27)29)10-16-6-8-19(9-7-16)30-14-17-4-2-1-3-5-17/h1-12H,13-15H2/b23-10+. The van der Waals surface area contributed by atoms with Crippen molar-refractivity contribution in [1.29, 1.82) is 0 Å². The second kappa shape index (κ2) is 9.21. The highest BCUT2D eigenvalue weighted by Crippen LogP contribution is 2.39. The van der Waals surface area contributed by atoms with E-state index >= 15 is 0 Å². The van der Waals surface area contributed by atoms with Crippen molar-refractivity contribution in [3.05, 3.63) is 93.3 Å². The van der Waals surface area contributed by atoms with Crippen LogP contribution in [0.5, 0.6) is 17.2 Å². The number of nitrogens with zero attached hydrogens (tertiary/aromatic N) is 1. The van der Waals surface area contributed by atoms with Crippen molar-refractivity contribution in [3.8, 4) is 17.2 Å². The van der Waals surface area contributed by atoms with Crippen molar-refractivity contribution in [2.45, 2.75) is 13.2 Å². The predicted molar refractivity (Wildman–Crippen MR) is 126 cm³/mol. The Balaban J connectivity index is 1.26. The molecule has 3 aromatic carbocycles. The number of halogens is 1. The van der Waals surface area contributed by atoms with Gasteiger partial charge in [0.05, 0.1) is 11.4 Å². The molecule has 0 atom stereocenters. The molecule has 3 aromatic rings. The van der Waals surface area contributed by atoms with Gasteiger partial charge in [-0.15, -0.1) is 0 Å². The first kappa shape index (κ1) is 21.4. The number of benzene rings is 3. The lowest BCUT2D eigenvalue weighted by Crippen LogP contribution is -2.27. The van der Waals surface area contributed by atoms with E-state index in [2.05, 4.69) is 0 Å². The highest BCUT2D eigenvalue weighted by molar-refractivity contribution is 8.18. The number of amides is 2. The topological polar surface area (TPSA) is 65.1 Å². The minimum atomic E-state index is -0.358. The van der Waals surface area contributed by atoms with Gasteiger partial charge in [0.15, 0.2) is 11.5 Å². The predicted octanol–water partition coefficient (Wildman–Crippen LogP) is 5.88. The average molecular weight is 480 g/mol. The summed E-state index contributed by atoms with van der Waals surface area (Å²) in [6, 6.07) is 20.6. The Kier molecular flexibility index (Phi) is 5.98. The lowest BCUT2D eigenvalue weighted by Gasteiger charge is -2.14. The largest absolute Gasteiger partial charge is 0.489 e. The first-order valence-electron chi connectivity index (χ1n) is 10.2. The van der Waals surface area contributed by atoms with Crippen molar-refractivity contribution in [2.24, 2.45) is 0 Å². The van der Waals surface area contributed by atoms with Crippen LogP contribution in [0.25, 0.3) is 6.08 Å². The number of carbonyl (C=O) groups is 2. The van der Waals surface area contributed by atoms with E-state index in [1.54, 1.807) is 18.2 Å². The van der Waals surface area contributed by atoms with Crippen LogP contribution in [0.15, 0.2) is 71.6 Å². The molecule has 1 fully saturated rings. The number of hydrogen-bond acceptors (Lipinski definition) is 6. The summed E-state index contributed by atoms with van der Waals surface area (Å²) >= 11 is 7.22. The Morgan fingerprint density at radius 2 is 1.73 bits per heavy atom. The lowest BCUT2D eigenvalue weighted by atomic mass is 10.1. The molecular formula is C25H18ClNO5S. The van der Waals surface area contributed by atoms with E-state index in [9.17, 15) is 9.59 Å². The van der Waals surface area contributed by atoms with Gasteiger partial charge in [0.25, 0.3) is 11.1 Å². The number of fused-ring (bicyclic) bond motifs is 1. The summed E-state index contributed by atoms with van der Waals surface area (Å²) in [6.07, 6.45) is 1.70. The molecule has 5 rings (SSSR count). The van der Waals surface area contributed by atoms with Crippen LogP contribution in [-0.4, -0.2) is 22.8 Å². The number of thioether (sulfide) groups is 1. The summed E-state index contributed by atoms with van der Waals surface area (Å²) in [6.45, 7) is 0.654. The molecule has 2 heterocycles. The van der Waals surface area contributed by atoms with Crippen LogP contribution in [0.3, 0.4) is 0 Å². The number of ether oxygens (including phenoxy) is 3. The zero-order chi connectivity index (χ0) is 22.8. The first-order valence-corrected chi connectivity index (χ1v) is 11.4. The minimum absolute atomic E-state index is 0.0593. The molecule has 166 valence electrons. The van der Waals surface area contributed by atoms with E-state index in [0.29, 0.717) is 33.6 Å². The Labute approximate surface area is 199 Å². The molecule has 0 aromatic heterocycles. The fraction of sp³-hybridized carbons (Fsp3) is 0.120. The second-order valence-corrected chi connectivity index (χ2v) is 8.81. The molecule has 2 amide bonds. The van der Waals surface area contributed by atoms with Gasteiger partial charge in [-0.1, -0.05) is 54.1 Å². The van der Waals surface area contributed by atoms with Gasteiger partial charge in [-0.25, -0.2) is 0 Å². The Bertz CT molecular complexity index is 1240. The fourth-order valence-corrected chi connectivity index (χ4v) is 4.49. The van der Waals surface area contributed by atoms with E-state index in [1.807, 2.05) is 54.6 Å². The number of rotatable bonds is 6. The van der Waals surface area contributed by atoms with Crippen LogP contribution >= 0.6 is 23.4 Å². The second-order valence-electron chi connectivity index (χ2n) is 7.41. The van der Waals surface area contributed by atoms with E-state index < -0.39 is 0 Å². The molecule has 2 aliphatic heterocycles. The van der Waals surface area contributed by atoms with E-state index in [0.717, 1.165) is 28.6 Å². The van der Waals surface area contributed by atoms with Crippen LogP contribution in [0.1, 0.15) is 16.7 Å². The fourth-order valence-electron chi connectivity index (χ4n) is 3.44. The molecule has 0 aliphatic carbocycles. The number of carbonyl (C=O) groups excluding carboxylic acids is 2. The molecule has 0 radical (unpaired) electrons. The molecule has 0 N–H and O–H groups in total. The Morgan fingerprint density at radius 1 is 1.00 bits per heavy atom. The zero-order valence-electron chi connectivity index (χ0n) is 17.3. The smallest absolute Gasteiger partial charge is 0.293 e. The van der Waals surface area contributed by atoms with Crippen LogP contribution in [0.4, 0.5) is 4.79 Å². The number of imide groups is 1. The third kappa shape index (κ3) is 4.69. The van der Waals surface area contributed by atoms with Gasteiger partial charge in [-0.2, -0.15) is 0 Å². The van der Waals surface area contributed by atoms with E-state index in [1.165, 1.54) is 4.90 Å². The van der Waals surface area contributed by atoms with Gasteiger partial charge in [0.1, 0.15) is 12.4 Å². The monoisotopic (exact) mass is 479 g/mol. The molecule has 2 aliphatic rings. The zero-order valence-corrected chi connectivity index (χ0v) is 18.9. The molecule has 6 nitrogen and oxygen atoms in total. The number of hydrogen-bond donors (Lipinski definition) is 0. The Morgan fingerprint density at radius 3 is 2.48 bits per heavy atom. The maximum absolute atomic E-state index is 12.9. The summed E-state index contributed by atoms with van der Waals surface area (Å²) in [4.78, 5) is 26.9. The molecule has 33 heavy (non-hydrogen) atoms. The van der Waals surface area contributed by atoms with Crippen molar-refractivity contribution in [1.82, 2.24) is 4.90 Å². The van der Waals surface area contributed by atoms with Crippen LogP contribution in [-0.2, 0) is 17.9 Å². The molecule has 0 spiro atoms. The van der Waals surface area contributed by atoms with Gasteiger partial charge < -0.3 is 14.2 Å². The lowest BCUT2D eigenvalue weighted by molar-refractivity contribution is -0.123. The van der Waals surface area contributed by atoms with Gasteiger partial charge in [0, 0.05) is 11.1 Å². The van der Waals surface area contributed by atoms with Crippen LogP contribution in [0, 0.1) is 0 Å². The maximum atomic E-state index is 12.9. The minimum Gasteiger partial charge on any atom is -0.489 e. The van der Waals surface area contributed by atoms with Crippen molar-refractivity contribution in [2.75, 3.05) is 6.79 Å². The van der Waals surface area contributed by atoms with Crippen LogP contribution < -0.4 is 14.2 Å². The first-order chi connectivity index (χ1) is 16.1. The summed E-state index contributed by atoms with van der Waals surface area (Å²) < 4.78 is 16.5. The summed E-state index contributed by atoms with van der Waals surface area (Å²) in [5, 5.41) is 0.0659. The summed E-state index contributed by atoms with van der Waals surface area (Å²) in [7, 11) is 0. The molecular weight excluding hydrogens is 462 g/mol. The molecule has 0 unspecified atom stereocenters. The Hall–Kier alpha value is -3.42. The highest BCUT2D eigenvalue weighted by atomic mass is 35.5. The van der Waals surface area contributed by atoms with Crippen molar-refractivity contribution >= 4 is 40.6 Å². The van der Waals surface area contributed by atoms with Gasteiger partial charge in [-0.05, 0) is 52.7 Å². The SMILES string of the molecule is O=C1S/C(=C/c2ccc(OCc3ccccc3)cc2)C(=O)N1Cc1cc2c(cc1Cl)OCO2. The molecule has 0 bridgehead atoms. The van der Waals surface area contributed by atoms with Gasteiger partial charge >= 0.3 is 0 Å². The quantitative estimate of drug-likeness (QED) is 0.411. The van der Waals surface area contributed by atoms with E-state index in [-0.39, 0.29) is 24.5 Å². The van der Waals surface area contributed by atoms with Gasteiger partial charge in [-0.3, -0.25) is 14.5 Å². The molecule has 1 saturated heterocycles. The van der Waals surface area contributed by atoms with Crippen molar-refractivity contribution in [3.63, 3.8) is 0 Å². The third-order valence-electron chi connectivity index (χ3n) is 5.17. The van der Waals surface area contributed by atoms with Gasteiger partial charge in [0.2, 0.25) is 6.79 Å². The highest BCUT2D eigenvalue weighted by Gasteiger charge is 2.35. The van der Waals surface area contributed by atoms with Crippen molar-refractivity contribution < 1.29 is 23.8 Å². The van der Waals surface area contributed by atoms with Crippen LogP contribution in [0.2, 0.25) is 5.02 Å². The van der Waals surface area contributed by atoms with E-state index in [4.69, 9.17) is 25.8 Å². The molecule has 8 heteroatoms. The molecule has 0 saturated carbocycles. The normalized spacial score (nSPS) is 16.0. The maximum Gasteiger partial charge on any atom is 0.293 e. The average Bonchev–Trinajstić information content (AvgIpc) is 3.38.